The van der Waals surface area contributed by atoms with E-state index in [-0.39, 0.29) is 36.3 Å². The molecular formula is C24H26FNO5. The molecule has 1 heterocycles. The highest BCUT2D eigenvalue weighted by atomic mass is 19.1. The van der Waals surface area contributed by atoms with Gasteiger partial charge in [-0.25, -0.2) is 9.18 Å². The Balaban J connectivity index is 2.04. The zero-order valence-electron chi connectivity index (χ0n) is 17.9. The predicted octanol–water partition coefficient (Wildman–Crippen LogP) is 4.50. The summed E-state index contributed by atoms with van der Waals surface area (Å²) < 4.78 is 28.7. The minimum atomic E-state index is -0.507. The van der Waals surface area contributed by atoms with Crippen molar-refractivity contribution >= 4 is 22.8 Å². The van der Waals surface area contributed by atoms with Gasteiger partial charge in [-0.15, -0.1) is 0 Å². The number of allylic oxidation sites excluding steroid dienone is 4. The number of aryl methyl sites for hydroxylation is 1. The first-order valence-electron chi connectivity index (χ1n) is 10.2. The lowest BCUT2D eigenvalue weighted by atomic mass is 9.92. The molecule has 1 aliphatic rings. The lowest BCUT2D eigenvalue weighted by molar-refractivity contribution is -0.140. The maximum Gasteiger partial charge on any atom is 0.342 e. The summed E-state index contributed by atoms with van der Waals surface area (Å²) in [5.41, 5.74) is 2.56. The van der Waals surface area contributed by atoms with Crippen LogP contribution in [-0.2, 0) is 27.1 Å². The van der Waals surface area contributed by atoms with E-state index in [0.717, 1.165) is 16.5 Å². The summed E-state index contributed by atoms with van der Waals surface area (Å²) in [6.07, 6.45) is 8.54. The molecule has 0 aliphatic heterocycles. The molecule has 1 aliphatic carbocycles. The molecule has 164 valence electrons. The van der Waals surface area contributed by atoms with Gasteiger partial charge in [-0.2, -0.15) is 0 Å². The topological polar surface area (TPSA) is 74.7 Å². The number of ether oxygens (including phenoxy) is 3. The Morgan fingerprint density at radius 3 is 2.71 bits per heavy atom. The highest BCUT2D eigenvalue weighted by Gasteiger charge is 2.21. The number of nitrogens with zero attached hydrogens (tertiary/aromatic N) is 1. The highest BCUT2D eigenvalue weighted by Crippen LogP contribution is 2.34. The van der Waals surface area contributed by atoms with Crippen molar-refractivity contribution in [3.8, 4) is 5.75 Å². The van der Waals surface area contributed by atoms with Gasteiger partial charge in [-0.05, 0) is 67.5 Å². The van der Waals surface area contributed by atoms with Gasteiger partial charge in [0.2, 0.25) is 0 Å². The molecule has 0 fully saturated rings. The minimum Gasteiger partial charge on any atom is -0.494 e. The van der Waals surface area contributed by atoms with E-state index in [1.807, 2.05) is 12.1 Å². The summed E-state index contributed by atoms with van der Waals surface area (Å²) in [4.78, 5) is 28.8. The molecule has 1 aromatic heterocycles. The van der Waals surface area contributed by atoms with Gasteiger partial charge in [0.25, 0.3) is 0 Å². The molecule has 2 aromatic rings. The molecule has 0 spiro atoms. The van der Waals surface area contributed by atoms with Crippen LogP contribution in [-0.4, -0.2) is 37.7 Å². The monoisotopic (exact) mass is 427 g/mol. The fourth-order valence-corrected chi connectivity index (χ4v) is 3.70. The van der Waals surface area contributed by atoms with Crippen molar-refractivity contribution in [3.63, 3.8) is 0 Å². The average molecular weight is 427 g/mol. The van der Waals surface area contributed by atoms with Gasteiger partial charge in [0.15, 0.2) is 5.75 Å². The quantitative estimate of drug-likeness (QED) is 0.578. The van der Waals surface area contributed by atoms with Crippen LogP contribution in [0.5, 0.6) is 5.75 Å². The van der Waals surface area contributed by atoms with E-state index in [1.165, 1.54) is 20.3 Å². The van der Waals surface area contributed by atoms with Crippen LogP contribution in [0.15, 0.2) is 42.4 Å². The van der Waals surface area contributed by atoms with E-state index in [2.05, 4.69) is 4.98 Å². The van der Waals surface area contributed by atoms with Crippen molar-refractivity contribution in [1.82, 2.24) is 4.98 Å². The first-order valence-corrected chi connectivity index (χ1v) is 10.2. The molecule has 1 aromatic carbocycles. The number of hydrogen-bond donors (Lipinski definition) is 0. The lowest BCUT2D eigenvalue weighted by Crippen LogP contribution is -2.10. The third-order valence-corrected chi connectivity index (χ3v) is 5.24. The Kier molecular flexibility index (Phi) is 7.39. The number of fused-ring (bicyclic) bond motifs is 1. The number of aromatic nitrogens is 1. The van der Waals surface area contributed by atoms with Crippen LogP contribution < -0.4 is 4.74 Å². The summed E-state index contributed by atoms with van der Waals surface area (Å²) in [6.45, 7) is 1.96. The van der Waals surface area contributed by atoms with Gasteiger partial charge in [0, 0.05) is 18.0 Å². The first kappa shape index (κ1) is 22.5. The smallest absolute Gasteiger partial charge is 0.342 e. The maximum absolute atomic E-state index is 13.3. The summed E-state index contributed by atoms with van der Waals surface area (Å²) in [7, 11) is 2.82. The number of hydrogen-bond acceptors (Lipinski definition) is 6. The van der Waals surface area contributed by atoms with Crippen LogP contribution in [0.25, 0.3) is 10.9 Å². The molecule has 7 heteroatoms. The molecule has 3 rings (SSSR count). The molecule has 6 nitrogen and oxygen atoms in total. The Hall–Kier alpha value is -3.22. The Labute approximate surface area is 180 Å². The van der Waals surface area contributed by atoms with Gasteiger partial charge >= 0.3 is 11.9 Å². The third kappa shape index (κ3) is 5.29. The number of carbonyl (C=O) groups excluding carboxylic acids is 2. The van der Waals surface area contributed by atoms with E-state index in [0.29, 0.717) is 30.5 Å². The van der Waals surface area contributed by atoms with Crippen molar-refractivity contribution in [1.29, 1.82) is 0 Å². The summed E-state index contributed by atoms with van der Waals surface area (Å²) in [6, 6.07) is 3.70. The summed E-state index contributed by atoms with van der Waals surface area (Å²) in [5, 5.41) is 0.799. The van der Waals surface area contributed by atoms with E-state index >= 15 is 0 Å². The zero-order chi connectivity index (χ0) is 22.4. The average Bonchev–Trinajstić information content (AvgIpc) is 2.78. The molecule has 1 unspecified atom stereocenters. The summed E-state index contributed by atoms with van der Waals surface area (Å²) in [5.74, 6) is -0.545. The van der Waals surface area contributed by atoms with Crippen molar-refractivity contribution in [3.05, 3.63) is 59.1 Å². The van der Waals surface area contributed by atoms with Gasteiger partial charge in [-0.3, -0.25) is 9.78 Å². The van der Waals surface area contributed by atoms with Gasteiger partial charge in [0.05, 0.1) is 20.8 Å². The highest BCUT2D eigenvalue weighted by molar-refractivity contribution is 6.01. The van der Waals surface area contributed by atoms with E-state index < -0.39 is 5.97 Å². The normalized spacial score (nSPS) is 15.5. The third-order valence-electron chi connectivity index (χ3n) is 5.24. The van der Waals surface area contributed by atoms with E-state index in [9.17, 15) is 14.0 Å². The van der Waals surface area contributed by atoms with Gasteiger partial charge < -0.3 is 14.2 Å². The number of halogens is 1. The number of carbonyl (C=O) groups is 2. The van der Waals surface area contributed by atoms with Gasteiger partial charge in [-0.1, -0.05) is 6.08 Å². The molecular weight excluding hydrogens is 401 g/mol. The standard InChI is InChI=1S/C24H26FNO5/c1-4-31-24(28)20-13-17(7-10-21(27)29-2)19-12-16(14-26-22(19)23(20)30-3)11-15-5-8-18(25)9-6-15/h5,8-9,12-15H,4,6-7,10-11H2,1-3H3. The van der Waals surface area contributed by atoms with Crippen molar-refractivity contribution in [2.75, 3.05) is 20.8 Å². The Morgan fingerprint density at radius 1 is 1.26 bits per heavy atom. The second-order valence-electron chi connectivity index (χ2n) is 7.30. The molecule has 0 bridgehead atoms. The fraction of sp³-hybridized carbons (Fsp3) is 0.375. The van der Waals surface area contributed by atoms with Crippen LogP contribution >= 0.6 is 0 Å². The zero-order valence-corrected chi connectivity index (χ0v) is 17.9. The SMILES string of the molecule is CCOC(=O)c1cc(CCC(=O)OC)c2cc(CC3C=CC(F)=CC3)cnc2c1OC. The molecule has 31 heavy (non-hydrogen) atoms. The summed E-state index contributed by atoms with van der Waals surface area (Å²) >= 11 is 0. The van der Waals surface area contributed by atoms with Crippen molar-refractivity contribution in [2.45, 2.75) is 32.6 Å². The molecule has 0 radical (unpaired) electrons. The Bertz CT molecular complexity index is 1040. The Morgan fingerprint density at radius 2 is 2.06 bits per heavy atom. The van der Waals surface area contributed by atoms with E-state index in [1.54, 1.807) is 25.3 Å². The number of methoxy groups -OCH3 is 2. The van der Waals surface area contributed by atoms with Crippen molar-refractivity contribution < 1.29 is 28.2 Å². The number of esters is 2. The van der Waals surface area contributed by atoms with Crippen LogP contribution in [0.1, 0.15) is 41.3 Å². The number of benzene rings is 1. The molecule has 0 amide bonds. The molecule has 0 saturated carbocycles. The minimum absolute atomic E-state index is 0.167. The predicted molar refractivity (Wildman–Crippen MR) is 115 cm³/mol. The first-order chi connectivity index (χ1) is 15.0. The fourth-order valence-electron chi connectivity index (χ4n) is 3.70. The maximum atomic E-state index is 13.3. The van der Waals surface area contributed by atoms with Crippen molar-refractivity contribution in [2.24, 2.45) is 5.92 Å². The van der Waals surface area contributed by atoms with Crippen LogP contribution in [0.4, 0.5) is 4.39 Å². The second kappa shape index (κ2) is 10.2. The van der Waals surface area contributed by atoms with E-state index in [4.69, 9.17) is 14.2 Å². The second-order valence-corrected chi connectivity index (χ2v) is 7.30. The van der Waals surface area contributed by atoms with Gasteiger partial charge in [0.1, 0.15) is 16.9 Å². The molecule has 1 atom stereocenters. The van der Waals surface area contributed by atoms with Crippen LogP contribution in [0.2, 0.25) is 0 Å². The molecule has 0 saturated heterocycles. The molecule has 0 N–H and O–H groups in total. The lowest BCUT2D eigenvalue weighted by Gasteiger charge is -2.17. The number of rotatable bonds is 8. The van der Waals surface area contributed by atoms with Crippen LogP contribution in [0, 0.1) is 5.92 Å². The van der Waals surface area contributed by atoms with Crippen LogP contribution in [0.3, 0.4) is 0 Å². The number of pyridine rings is 1. The largest absolute Gasteiger partial charge is 0.494 e.